The number of ether oxygens (including phenoxy) is 1. The zero-order valence-corrected chi connectivity index (χ0v) is 13.3. The molecule has 1 aliphatic rings. The minimum Gasteiger partial charge on any atom is -0.497 e. The van der Waals surface area contributed by atoms with Gasteiger partial charge in [-0.2, -0.15) is 0 Å². The molecular weight excluding hydrogens is 278 g/mol. The molecule has 0 fully saturated rings. The van der Waals surface area contributed by atoms with Gasteiger partial charge in [-0.1, -0.05) is 37.3 Å². The maximum absolute atomic E-state index is 6.52. The van der Waals surface area contributed by atoms with Crippen molar-refractivity contribution in [2.45, 2.75) is 35.4 Å². The Morgan fingerprint density at radius 1 is 1.10 bits per heavy atom. The van der Waals surface area contributed by atoms with E-state index >= 15 is 0 Å². The van der Waals surface area contributed by atoms with Crippen molar-refractivity contribution in [2.24, 2.45) is 5.73 Å². The molecule has 110 valence electrons. The van der Waals surface area contributed by atoms with E-state index in [0.717, 1.165) is 12.2 Å². The molecule has 3 rings (SSSR count). The quantitative estimate of drug-likeness (QED) is 0.914. The second-order valence-electron chi connectivity index (χ2n) is 5.63. The number of rotatable bonds is 3. The lowest BCUT2D eigenvalue weighted by molar-refractivity contribution is 0.413. The van der Waals surface area contributed by atoms with Gasteiger partial charge in [0.05, 0.1) is 7.11 Å². The van der Waals surface area contributed by atoms with Gasteiger partial charge < -0.3 is 10.5 Å². The molecule has 21 heavy (non-hydrogen) atoms. The molecule has 3 atom stereocenters. The fourth-order valence-corrected chi connectivity index (χ4v) is 4.43. The normalized spacial score (nSPS) is 24.4. The summed E-state index contributed by atoms with van der Waals surface area (Å²) in [5.74, 6) is 1.46. The number of hydrogen-bond acceptors (Lipinski definition) is 3. The molecule has 2 N–H and O–H groups in total. The van der Waals surface area contributed by atoms with Crippen LogP contribution < -0.4 is 10.5 Å². The van der Waals surface area contributed by atoms with Gasteiger partial charge in [-0.3, -0.25) is 0 Å². The lowest BCUT2D eigenvalue weighted by Gasteiger charge is -2.34. The molecule has 3 heteroatoms. The highest BCUT2D eigenvalue weighted by Crippen LogP contribution is 2.44. The van der Waals surface area contributed by atoms with Crippen molar-refractivity contribution in [3.8, 4) is 5.75 Å². The third-order valence-corrected chi connectivity index (χ3v) is 5.52. The lowest BCUT2D eigenvalue weighted by atomic mass is 9.81. The summed E-state index contributed by atoms with van der Waals surface area (Å²) >= 11 is 1.86. The van der Waals surface area contributed by atoms with Crippen LogP contribution in [0.25, 0.3) is 0 Å². The molecule has 3 unspecified atom stereocenters. The SMILES string of the molecule is COc1cccc(SC2CC(C)c3ccccc3C2N)c1. The van der Waals surface area contributed by atoms with Gasteiger partial charge in [-0.15, -0.1) is 11.8 Å². The van der Waals surface area contributed by atoms with Crippen molar-refractivity contribution in [2.75, 3.05) is 7.11 Å². The molecule has 0 saturated heterocycles. The second-order valence-corrected chi connectivity index (χ2v) is 6.94. The molecule has 0 aromatic heterocycles. The van der Waals surface area contributed by atoms with Crippen LogP contribution in [0.1, 0.15) is 36.4 Å². The first-order valence-corrected chi connectivity index (χ1v) is 8.22. The van der Waals surface area contributed by atoms with Crippen molar-refractivity contribution in [3.63, 3.8) is 0 Å². The van der Waals surface area contributed by atoms with Gasteiger partial charge in [0.15, 0.2) is 0 Å². The van der Waals surface area contributed by atoms with Crippen LogP contribution in [0.2, 0.25) is 0 Å². The third kappa shape index (κ3) is 2.94. The average Bonchev–Trinajstić information content (AvgIpc) is 2.52. The molecule has 2 nitrogen and oxygen atoms in total. The molecule has 2 aromatic carbocycles. The second kappa shape index (κ2) is 6.12. The van der Waals surface area contributed by atoms with E-state index in [1.54, 1.807) is 7.11 Å². The van der Waals surface area contributed by atoms with E-state index in [9.17, 15) is 0 Å². The Hall–Kier alpha value is -1.45. The first-order chi connectivity index (χ1) is 10.2. The molecule has 0 spiro atoms. The van der Waals surface area contributed by atoms with Crippen molar-refractivity contribution in [1.29, 1.82) is 0 Å². The van der Waals surface area contributed by atoms with Gasteiger partial charge in [0.1, 0.15) is 5.75 Å². The largest absolute Gasteiger partial charge is 0.497 e. The van der Waals surface area contributed by atoms with E-state index in [1.165, 1.54) is 16.0 Å². The fraction of sp³-hybridized carbons (Fsp3) is 0.333. The summed E-state index contributed by atoms with van der Waals surface area (Å²) in [6, 6.07) is 16.9. The first kappa shape index (κ1) is 14.5. The summed E-state index contributed by atoms with van der Waals surface area (Å²) in [5.41, 5.74) is 9.23. The lowest BCUT2D eigenvalue weighted by Crippen LogP contribution is -2.30. The van der Waals surface area contributed by atoms with Gasteiger partial charge >= 0.3 is 0 Å². The van der Waals surface area contributed by atoms with Gasteiger partial charge in [0.2, 0.25) is 0 Å². The summed E-state index contributed by atoms with van der Waals surface area (Å²) in [6.07, 6.45) is 1.11. The van der Waals surface area contributed by atoms with Crippen molar-refractivity contribution < 1.29 is 4.74 Å². The molecule has 0 amide bonds. The number of hydrogen-bond donors (Lipinski definition) is 1. The molecule has 0 saturated carbocycles. The number of methoxy groups -OCH3 is 1. The van der Waals surface area contributed by atoms with Crippen molar-refractivity contribution in [1.82, 2.24) is 0 Å². The van der Waals surface area contributed by atoms with E-state index in [2.05, 4.69) is 43.3 Å². The Morgan fingerprint density at radius 3 is 2.62 bits per heavy atom. The van der Waals surface area contributed by atoms with E-state index in [-0.39, 0.29) is 6.04 Å². The molecule has 1 aliphatic carbocycles. The van der Waals surface area contributed by atoms with E-state index in [4.69, 9.17) is 10.5 Å². The molecule has 0 radical (unpaired) electrons. The van der Waals surface area contributed by atoms with Crippen LogP contribution in [0.5, 0.6) is 5.75 Å². The van der Waals surface area contributed by atoms with Crippen molar-refractivity contribution >= 4 is 11.8 Å². The Bertz CT molecular complexity index is 628. The zero-order chi connectivity index (χ0) is 14.8. The zero-order valence-electron chi connectivity index (χ0n) is 12.5. The number of fused-ring (bicyclic) bond motifs is 1. The molecule has 0 bridgehead atoms. The fourth-order valence-electron chi connectivity index (χ4n) is 3.06. The van der Waals surface area contributed by atoms with Gasteiger partial charge in [0, 0.05) is 16.2 Å². The van der Waals surface area contributed by atoms with Crippen LogP contribution in [-0.2, 0) is 0 Å². The smallest absolute Gasteiger partial charge is 0.119 e. The van der Waals surface area contributed by atoms with Gasteiger partial charge in [-0.05, 0) is 41.7 Å². The Labute approximate surface area is 130 Å². The number of thioether (sulfide) groups is 1. The monoisotopic (exact) mass is 299 g/mol. The minimum absolute atomic E-state index is 0.0913. The summed E-state index contributed by atoms with van der Waals surface area (Å²) in [4.78, 5) is 1.22. The van der Waals surface area contributed by atoms with Gasteiger partial charge in [0.25, 0.3) is 0 Å². The maximum atomic E-state index is 6.52. The highest BCUT2D eigenvalue weighted by Gasteiger charge is 2.31. The van der Waals surface area contributed by atoms with Crippen LogP contribution in [0, 0.1) is 0 Å². The van der Waals surface area contributed by atoms with E-state index < -0.39 is 0 Å². The minimum atomic E-state index is 0.0913. The predicted molar refractivity (Wildman–Crippen MR) is 89.0 cm³/mol. The summed E-state index contributed by atoms with van der Waals surface area (Å²) in [6.45, 7) is 2.30. The van der Waals surface area contributed by atoms with Crippen LogP contribution >= 0.6 is 11.8 Å². The predicted octanol–water partition coefficient (Wildman–Crippen LogP) is 4.36. The Morgan fingerprint density at radius 2 is 1.86 bits per heavy atom. The van der Waals surface area contributed by atoms with Crippen molar-refractivity contribution in [3.05, 3.63) is 59.7 Å². The van der Waals surface area contributed by atoms with E-state index in [1.807, 2.05) is 23.9 Å². The summed E-state index contributed by atoms with van der Waals surface area (Å²) < 4.78 is 5.30. The molecule has 0 aliphatic heterocycles. The Balaban J connectivity index is 1.84. The standard InChI is InChI=1S/C18H21NOS/c1-12-10-17(18(19)16-9-4-3-8-15(12)16)21-14-7-5-6-13(11-14)20-2/h3-9,11-12,17-18H,10,19H2,1-2H3. The summed E-state index contributed by atoms with van der Waals surface area (Å²) in [5, 5.41) is 0.405. The van der Waals surface area contributed by atoms with E-state index in [0.29, 0.717) is 11.2 Å². The first-order valence-electron chi connectivity index (χ1n) is 7.34. The molecular formula is C18H21NOS. The van der Waals surface area contributed by atoms with Crippen LogP contribution in [-0.4, -0.2) is 12.4 Å². The highest BCUT2D eigenvalue weighted by atomic mass is 32.2. The number of nitrogens with two attached hydrogens (primary N) is 1. The third-order valence-electron chi connectivity index (χ3n) is 4.20. The van der Waals surface area contributed by atoms with Crippen LogP contribution in [0.15, 0.2) is 53.4 Å². The highest BCUT2D eigenvalue weighted by molar-refractivity contribution is 8.00. The maximum Gasteiger partial charge on any atom is 0.119 e. The van der Waals surface area contributed by atoms with Crippen LogP contribution in [0.3, 0.4) is 0 Å². The molecule has 2 aromatic rings. The molecule has 0 heterocycles. The van der Waals surface area contributed by atoms with Gasteiger partial charge in [-0.25, -0.2) is 0 Å². The van der Waals surface area contributed by atoms with Crippen LogP contribution in [0.4, 0.5) is 0 Å². The Kier molecular flexibility index (Phi) is 4.22. The average molecular weight is 299 g/mol. The number of benzene rings is 2. The topological polar surface area (TPSA) is 35.2 Å². The summed E-state index contributed by atoms with van der Waals surface area (Å²) in [7, 11) is 1.70.